The van der Waals surface area contributed by atoms with Crippen molar-refractivity contribution in [3.8, 4) is 5.75 Å². The van der Waals surface area contributed by atoms with Gasteiger partial charge < -0.3 is 15.8 Å². The summed E-state index contributed by atoms with van der Waals surface area (Å²) in [5.41, 5.74) is 9.57. The molecule has 0 aliphatic rings. The predicted octanol–water partition coefficient (Wildman–Crippen LogP) is 4.09. The average Bonchev–Trinajstić information content (AvgIpc) is 2.36. The summed E-state index contributed by atoms with van der Waals surface area (Å²) in [5, 5.41) is 3.31. The van der Waals surface area contributed by atoms with Gasteiger partial charge in [0.15, 0.2) is 0 Å². The van der Waals surface area contributed by atoms with Crippen molar-refractivity contribution in [1.29, 1.82) is 0 Å². The van der Waals surface area contributed by atoms with Crippen molar-refractivity contribution >= 4 is 33.0 Å². The van der Waals surface area contributed by atoms with E-state index in [9.17, 15) is 0 Å². The number of anilines is 3. The summed E-state index contributed by atoms with van der Waals surface area (Å²) < 4.78 is 6.27. The fraction of sp³-hybridized carbons (Fsp3) is 0.143. The van der Waals surface area contributed by atoms with E-state index < -0.39 is 0 Å². The third-order valence-corrected chi connectivity index (χ3v) is 3.55. The van der Waals surface area contributed by atoms with Crippen LogP contribution in [0.2, 0.25) is 0 Å². The van der Waals surface area contributed by atoms with Gasteiger partial charge in [-0.1, -0.05) is 22.0 Å². The molecule has 0 heterocycles. The highest BCUT2D eigenvalue weighted by Crippen LogP contribution is 2.28. The van der Waals surface area contributed by atoms with Crippen LogP contribution in [0.4, 0.5) is 17.1 Å². The van der Waals surface area contributed by atoms with Gasteiger partial charge in [-0.2, -0.15) is 0 Å². The van der Waals surface area contributed by atoms with Gasteiger partial charge in [-0.05, 0) is 36.8 Å². The van der Waals surface area contributed by atoms with Crippen LogP contribution in [0.3, 0.4) is 0 Å². The number of nitrogens with one attached hydrogen (secondary N) is 1. The second kappa shape index (κ2) is 5.31. The van der Waals surface area contributed by atoms with Crippen LogP contribution >= 0.6 is 15.9 Å². The molecular formula is C14H15BrN2O. The first-order valence-corrected chi connectivity index (χ1v) is 6.36. The second-order valence-electron chi connectivity index (χ2n) is 4.05. The topological polar surface area (TPSA) is 47.3 Å². The molecule has 0 bridgehead atoms. The number of methoxy groups -OCH3 is 1. The maximum atomic E-state index is 5.78. The molecule has 18 heavy (non-hydrogen) atoms. The van der Waals surface area contributed by atoms with Crippen LogP contribution in [-0.4, -0.2) is 7.11 Å². The van der Waals surface area contributed by atoms with E-state index in [0.717, 1.165) is 15.8 Å². The highest BCUT2D eigenvalue weighted by atomic mass is 79.9. The van der Waals surface area contributed by atoms with E-state index in [1.165, 1.54) is 5.56 Å². The summed E-state index contributed by atoms with van der Waals surface area (Å²) >= 11 is 3.51. The minimum atomic E-state index is 0.633. The zero-order valence-electron chi connectivity index (χ0n) is 10.3. The van der Waals surface area contributed by atoms with Crippen LogP contribution in [0.5, 0.6) is 5.75 Å². The molecule has 0 spiro atoms. The monoisotopic (exact) mass is 306 g/mol. The van der Waals surface area contributed by atoms with Crippen molar-refractivity contribution in [3.63, 3.8) is 0 Å². The Morgan fingerprint density at radius 2 is 1.78 bits per heavy atom. The Labute approximate surface area is 115 Å². The van der Waals surface area contributed by atoms with Crippen LogP contribution in [0.1, 0.15) is 5.56 Å². The molecule has 94 valence electrons. The van der Waals surface area contributed by atoms with E-state index in [-0.39, 0.29) is 0 Å². The summed E-state index contributed by atoms with van der Waals surface area (Å²) in [6.45, 7) is 2.06. The Morgan fingerprint density at radius 1 is 1.11 bits per heavy atom. The van der Waals surface area contributed by atoms with Crippen LogP contribution in [0, 0.1) is 6.92 Å². The maximum Gasteiger partial charge on any atom is 0.143 e. The first-order chi connectivity index (χ1) is 8.60. The number of nitrogen functional groups attached to an aromatic ring is 1. The first kappa shape index (κ1) is 12.8. The van der Waals surface area contributed by atoms with Gasteiger partial charge in [0.25, 0.3) is 0 Å². The van der Waals surface area contributed by atoms with Crippen LogP contribution < -0.4 is 15.8 Å². The molecule has 0 atom stereocenters. The van der Waals surface area contributed by atoms with E-state index in [2.05, 4.69) is 34.2 Å². The molecule has 4 heteroatoms. The van der Waals surface area contributed by atoms with Crippen LogP contribution in [-0.2, 0) is 0 Å². The Kier molecular flexibility index (Phi) is 3.77. The quantitative estimate of drug-likeness (QED) is 0.840. The molecule has 0 saturated heterocycles. The summed E-state index contributed by atoms with van der Waals surface area (Å²) in [6, 6.07) is 11.8. The third-order valence-electron chi connectivity index (χ3n) is 2.69. The van der Waals surface area contributed by atoms with Gasteiger partial charge >= 0.3 is 0 Å². The van der Waals surface area contributed by atoms with Crippen molar-refractivity contribution in [2.45, 2.75) is 6.92 Å². The zero-order chi connectivity index (χ0) is 13.1. The molecule has 0 aliphatic heterocycles. The predicted molar refractivity (Wildman–Crippen MR) is 79.6 cm³/mol. The number of halogens is 1. The smallest absolute Gasteiger partial charge is 0.143 e. The van der Waals surface area contributed by atoms with Gasteiger partial charge in [0.2, 0.25) is 0 Å². The number of aryl methyl sites for hydroxylation is 1. The molecule has 0 radical (unpaired) electrons. The van der Waals surface area contributed by atoms with Crippen molar-refractivity contribution in [2.24, 2.45) is 0 Å². The average molecular weight is 307 g/mol. The van der Waals surface area contributed by atoms with Gasteiger partial charge in [-0.15, -0.1) is 0 Å². The fourth-order valence-corrected chi connectivity index (χ4v) is 2.00. The standard InChI is InChI=1S/C14H15BrN2O/c1-9-3-4-10(7-12(9)15)17-11-5-6-13(16)14(8-11)18-2/h3-8,17H,16H2,1-2H3. The lowest BCUT2D eigenvalue weighted by Gasteiger charge is -2.11. The molecule has 2 aromatic carbocycles. The minimum Gasteiger partial charge on any atom is -0.495 e. The van der Waals surface area contributed by atoms with Crippen LogP contribution in [0.25, 0.3) is 0 Å². The number of rotatable bonds is 3. The van der Waals surface area contributed by atoms with Crippen LogP contribution in [0.15, 0.2) is 40.9 Å². The molecule has 3 nitrogen and oxygen atoms in total. The molecule has 0 amide bonds. The summed E-state index contributed by atoms with van der Waals surface area (Å²) in [7, 11) is 1.61. The number of ether oxygens (including phenoxy) is 1. The molecule has 0 saturated carbocycles. The highest BCUT2D eigenvalue weighted by Gasteiger charge is 2.02. The molecule has 0 aliphatic carbocycles. The van der Waals surface area contributed by atoms with Gasteiger partial charge in [-0.3, -0.25) is 0 Å². The normalized spacial score (nSPS) is 10.2. The van der Waals surface area contributed by atoms with Crippen molar-refractivity contribution in [3.05, 3.63) is 46.4 Å². The molecule has 0 unspecified atom stereocenters. The third kappa shape index (κ3) is 2.76. The number of benzene rings is 2. The lowest BCUT2D eigenvalue weighted by atomic mass is 10.2. The highest BCUT2D eigenvalue weighted by molar-refractivity contribution is 9.10. The van der Waals surface area contributed by atoms with E-state index in [4.69, 9.17) is 10.5 Å². The SMILES string of the molecule is COc1cc(Nc2ccc(C)c(Br)c2)ccc1N. The number of hydrogen-bond donors (Lipinski definition) is 2. The van der Waals surface area contributed by atoms with E-state index >= 15 is 0 Å². The van der Waals surface area contributed by atoms with Gasteiger partial charge in [0, 0.05) is 21.9 Å². The fourth-order valence-electron chi connectivity index (χ4n) is 1.63. The number of hydrogen-bond acceptors (Lipinski definition) is 3. The molecular weight excluding hydrogens is 292 g/mol. The van der Waals surface area contributed by atoms with E-state index in [1.54, 1.807) is 7.11 Å². The molecule has 0 fully saturated rings. The minimum absolute atomic E-state index is 0.633. The summed E-state index contributed by atoms with van der Waals surface area (Å²) in [6.07, 6.45) is 0. The largest absolute Gasteiger partial charge is 0.495 e. The lowest BCUT2D eigenvalue weighted by molar-refractivity contribution is 0.417. The van der Waals surface area contributed by atoms with E-state index in [0.29, 0.717) is 11.4 Å². The Hall–Kier alpha value is -1.68. The van der Waals surface area contributed by atoms with Gasteiger partial charge in [-0.25, -0.2) is 0 Å². The Balaban J connectivity index is 2.25. The lowest BCUT2D eigenvalue weighted by Crippen LogP contribution is -1.95. The molecule has 2 aromatic rings. The number of nitrogens with two attached hydrogens (primary N) is 1. The Morgan fingerprint density at radius 3 is 2.44 bits per heavy atom. The zero-order valence-corrected chi connectivity index (χ0v) is 11.9. The molecule has 0 aromatic heterocycles. The molecule has 2 rings (SSSR count). The van der Waals surface area contributed by atoms with Crippen molar-refractivity contribution < 1.29 is 4.74 Å². The first-order valence-electron chi connectivity index (χ1n) is 5.57. The summed E-state index contributed by atoms with van der Waals surface area (Å²) in [4.78, 5) is 0. The van der Waals surface area contributed by atoms with Crippen molar-refractivity contribution in [2.75, 3.05) is 18.2 Å². The van der Waals surface area contributed by atoms with Gasteiger partial charge in [0.1, 0.15) is 5.75 Å². The second-order valence-corrected chi connectivity index (χ2v) is 4.90. The Bertz CT molecular complexity index is 570. The van der Waals surface area contributed by atoms with Gasteiger partial charge in [0.05, 0.1) is 12.8 Å². The van der Waals surface area contributed by atoms with Crippen molar-refractivity contribution in [1.82, 2.24) is 0 Å². The summed E-state index contributed by atoms with van der Waals surface area (Å²) in [5.74, 6) is 0.672. The van der Waals surface area contributed by atoms with E-state index in [1.807, 2.05) is 30.3 Å². The molecule has 3 N–H and O–H groups in total. The maximum absolute atomic E-state index is 5.78.